The van der Waals surface area contributed by atoms with Crippen molar-refractivity contribution < 1.29 is 19.1 Å². The first kappa shape index (κ1) is 30.8. The van der Waals surface area contributed by atoms with E-state index in [1.165, 1.54) is 0 Å². The van der Waals surface area contributed by atoms with Crippen LogP contribution in [0.25, 0.3) is 0 Å². The predicted octanol–water partition coefficient (Wildman–Crippen LogP) is 4.08. The molecule has 3 amide bonds. The average molecular weight is 571 g/mol. The molecule has 1 heterocycles. The van der Waals surface area contributed by atoms with Gasteiger partial charge in [0.15, 0.2) is 0 Å². The van der Waals surface area contributed by atoms with Gasteiger partial charge < -0.3 is 25.6 Å². The monoisotopic (exact) mass is 570 g/mol. The summed E-state index contributed by atoms with van der Waals surface area (Å²) in [5.74, 6) is -0.195. The summed E-state index contributed by atoms with van der Waals surface area (Å²) >= 11 is 0. The predicted molar refractivity (Wildman–Crippen MR) is 164 cm³/mol. The molecule has 8 nitrogen and oxygen atoms in total. The van der Waals surface area contributed by atoms with E-state index in [0.717, 1.165) is 11.1 Å². The molecule has 0 spiro atoms. The molecule has 0 radical (unpaired) electrons. The molecule has 0 saturated carbocycles. The first-order valence-electron chi connectivity index (χ1n) is 14.5. The van der Waals surface area contributed by atoms with E-state index in [2.05, 4.69) is 16.0 Å². The Morgan fingerprint density at radius 3 is 1.86 bits per heavy atom. The van der Waals surface area contributed by atoms with E-state index in [-0.39, 0.29) is 24.3 Å². The SMILES string of the molecule is CN[C@@H](C)C(=O)N[C@H](C(=O)N1C[C@H](Oc2ccccc2)C[C@H]1C(=O)NC(c1ccccc1)c1ccccc1)C(C)(C)C. The van der Waals surface area contributed by atoms with Crippen LogP contribution in [-0.4, -0.2) is 60.4 Å². The number of hydrogen-bond acceptors (Lipinski definition) is 5. The number of amides is 3. The van der Waals surface area contributed by atoms with Crippen LogP contribution in [0.3, 0.4) is 0 Å². The zero-order chi connectivity index (χ0) is 30.3. The van der Waals surface area contributed by atoms with Gasteiger partial charge in [0, 0.05) is 6.42 Å². The molecular weight excluding hydrogens is 528 g/mol. The molecule has 3 aromatic rings. The summed E-state index contributed by atoms with van der Waals surface area (Å²) in [5, 5.41) is 9.08. The van der Waals surface area contributed by atoms with Gasteiger partial charge in [0.1, 0.15) is 23.9 Å². The van der Waals surface area contributed by atoms with Crippen molar-refractivity contribution >= 4 is 17.7 Å². The van der Waals surface area contributed by atoms with Gasteiger partial charge in [0.25, 0.3) is 0 Å². The summed E-state index contributed by atoms with van der Waals surface area (Å²) in [6.07, 6.45) is -0.0768. The van der Waals surface area contributed by atoms with Crippen molar-refractivity contribution in [3.63, 3.8) is 0 Å². The number of likely N-dealkylation sites (tertiary alicyclic amines) is 1. The van der Waals surface area contributed by atoms with E-state index in [4.69, 9.17) is 4.74 Å². The highest BCUT2D eigenvalue weighted by Gasteiger charge is 2.46. The molecule has 1 fully saturated rings. The number of rotatable bonds is 10. The van der Waals surface area contributed by atoms with Gasteiger partial charge in [-0.2, -0.15) is 0 Å². The summed E-state index contributed by atoms with van der Waals surface area (Å²) in [6.45, 7) is 7.68. The third-order valence-electron chi connectivity index (χ3n) is 7.67. The summed E-state index contributed by atoms with van der Waals surface area (Å²) < 4.78 is 6.24. The van der Waals surface area contributed by atoms with Crippen molar-refractivity contribution in [3.8, 4) is 5.75 Å². The van der Waals surface area contributed by atoms with Crippen LogP contribution in [0.15, 0.2) is 91.0 Å². The van der Waals surface area contributed by atoms with Crippen LogP contribution in [0.5, 0.6) is 5.75 Å². The number of para-hydroxylation sites is 1. The van der Waals surface area contributed by atoms with Crippen molar-refractivity contribution in [1.82, 2.24) is 20.9 Å². The van der Waals surface area contributed by atoms with Gasteiger partial charge in [-0.15, -0.1) is 0 Å². The van der Waals surface area contributed by atoms with E-state index in [1.807, 2.05) is 112 Å². The largest absolute Gasteiger partial charge is 0.488 e. The standard InChI is InChI=1S/C34H42N4O4/c1-23(35-5)31(39)37-30(34(2,3)4)33(41)38-22-27(42-26-19-13-8-14-20-26)21-28(38)32(40)36-29(24-15-9-6-10-16-24)25-17-11-7-12-18-25/h6-20,23,27-30,35H,21-22H2,1-5H3,(H,36,40)(H,37,39)/t23-,27+,28-,30+/m0/s1. The van der Waals surface area contributed by atoms with Crippen molar-refractivity contribution in [2.75, 3.05) is 13.6 Å². The Kier molecular flexibility index (Phi) is 10.0. The normalized spacial score (nSPS) is 18.3. The summed E-state index contributed by atoms with van der Waals surface area (Å²) in [7, 11) is 1.69. The maximum atomic E-state index is 14.2. The van der Waals surface area contributed by atoms with Gasteiger partial charge in [0.2, 0.25) is 17.7 Å². The lowest BCUT2D eigenvalue weighted by atomic mass is 9.85. The van der Waals surface area contributed by atoms with Gasteiger partial charge >= 0.3 is 0 Å². The minimum Gasteiger partial charge on any atom is -0.488 e. The van der Waals surface area contributed by atoms with Crippen molar-refractivity contribution in [2.45, 2.75) is 64.4 Å². The zero-order valence-corrected chi connectivity index (χ0v) is 25.0. The van der Waals surface area contributed by atoms with E-state index >= 15 is 0 Å². The fraction of sp³-hybridized carbons (Fsp3) is 0.382. The molecule has 0 aromatic heterocycles. The second-order valence-electron chi connectivity index (χ2n) is 11.9. The molecule has 3 N–H and O–H groups in total. The lowest BCUT2D eigenvalue weighted by molar-refractivity contribution is -0.144. The molecule has 1 aliphatic heterocycles. The van der Waals surface area contributed by atoms with Crippen molar-refractivity contribution in [3.05, 3.63) is 102 Å². The van der Waals surface area contributed by atoms with Crippen molar-refractivity contribution in [1.29, 1.82) is 0 Å². The molecule has 1 saturated heterocycles. The smallest absolute Gasteiger partial charge is 0.246 e. The van der Waals surface area contributed by atoms with E-state index < -0.39 is 35.7 Å². The molecule has 4 rings (SSSR count). The molecule has 0 aliphatic carbocycles. The fourth-order valence-electron chi connectivity index (χ4n) is 5.17. The molecule has 3 aromatic carbocycles. The Hall–Kier alpha value is -4.17. The Bertz CT molecular complexity index is 1290. The van der Waals surface area contributed by atoms with E-state index in [1.54, 1.807) is 18.9 Å². The number of nitrogens with zero attached hydrogens (tertiary/aromatic N) is 1. The fourth-order valence-corrected chi connectivity index (χ4v) is 5.17. The van der Waals surface area contributed by atoms with Crippen LogP contribution in [0.4, 0.5) is 0 Å². The number of benzene rings is 3. The number of nitrogens with one attached hydrogen (secondary N) is 3. The third-order valence-corrected chi connectivity index (χ3v) is 7.67. The maximum absolute atomic E-state index is 14.2. The molecule has 4 atom stereocenters. The first-order chi connectivity index (χ1) is 20.1. The second kappa shape index (κ2) is 13.7. The highest BCUT2D eigenvalue weighted by molar-refractivity contribution is 5.94. The van der Waals surface area contributed by atoms with Crippen LogP contribution in [-0.2, 0) is 14.4 Å². The van der Waals surface area contributed by atoms with E-state index in [0.29, 0.717) is 12.2 Å². The quantitative estimate of drug-likeness (QED) is 0.341. The van der Waals surface area contributed by atoms with Crippen molar-refractivity contribution in [2.24, 2.45) is 5.41 Å². The summed E-state index contributed by atoms with van der Waals surface area (Å²) in [4.78, 5) is 42.8. The van der Waals surface area contributed by atoms with Gasteiger partial charge in [0.05, 0.1) is 18.6 Å². The maximum Gasteiger partial charge on any atom is 0.246 e. The molecule has 0 bridgehead atoms. The van der Waals surface area contributed by atoms with Gasteiger partial charge in [-0.25, -0.2) is 0 Å². The second-order valence-corrected chi connectivity index (χ2v) is 11.9. The topological polar surface area (TPSA) is 99.8 Å². The molecular formula is C34H42N4O4. The zero-order valence-electron chi connectivity index (χ0n) is 25.0. The molecule has 8 heteroatoms. The molecule has 222 valence electrons. The lowest BCUT2D eigenvalue weighted by Gasteiger charge is -2.36. The van der Waals surface area contributed by atoms with Gasteiger partial charge in [-0.1, -0.05) is 99.6 Å². The average Bonchev–Trinajstić information content (AvgIpc) is 3.42. The Labute approximate surface area is 248 Å². The number of carbonyl (C=O) groups is 3. The Morgan fingerprint density at radius 2 is 1.36 bits per heavy atom. The summed E-state index contributed by atoms with van der Waals surface area (Å²) in [6, 6.07) is 26.4. The highest BCUT2D eigenvalue weighted by Crippen LogP contribution is 2.30. The Balaban J connectivity index is 1.64. The number of hydrogen-bond donors (Lipinski definition) is 3. The number of carbonyl (C=O) groups excluding carboxylic acids is 3. The van der Waals surface area contributed by atoms with E-state index in [9.17, 15) is 14.4 Å². The number of ether oxygens (including phenoxy) is 1. The number of likely N-dealkylation sites (N-methyl/N-ethyl adjacent to an activating group) is 1. The van der Waals surface area contributed by atoms with Gasteiger partial charge in [-0.05, 0) is 42.6 Å². The molecule has 0 unspecified atom stereocenters. The Morgan fingerprint density at radius 1 is 0.833 bits per heavy atom. The minimum atomic E-state index is -0.842. The van der Waals surface area contributed by atoms with Crippen LogP contribution in [0.2, 0.25) is 0 Å². The lowest BCUT2D eigenvalue weighted by Crippen LogP contribution is -2.59. The molecule has 1 aliphatic rings. The first-order valence-corrected chi connectivity index (χ1v) is 14.5. The minimum absolute atomic E-state index is 0.219. The van der Waals surface area contributed by atoms with Crippen LogP contribution >= 0.6 is 0 Å². The molecule has 42 heavy (non-hydrogen) atoms. The third kappa shape index (κ3) is 7.56. The van der Waals surface area contributed by atoms with Crippen LogP contribution < -0.4 is 20.7 Å². The van der Waals surface area contributed by atoms with Gasteiger partial charge in [-0.3, -0.25) is 14.4 Å². The van der Waals surface area contributed by atoms with Crippen LogP contribution in [0, 0.1) is 5.41 Å². The summed E-state index contributed by atoms with van der Waals surface area (Å²) in [5.41, 5.74) is 1.27. The highest BCUT2D eigenvalue weighted by atomic mass is 16.5. The van der Waals surface area contributed by atoms with Crippen LogP contribution in [0.1, 0.15) is 51.3 Å².